The van der Waals surface area contributed by atoms with Crippen LogP contribution in [0, 0.1) is 11.3 Å². The number of rotatable bonds is 5. The summed E-state index contributed by atoms with van der Waals surface area (Å²) in [6.45, 7) is 3.96. The van der Waals surface area contributed by atoms with Gasteiger partial charge >= 0.3 is 0 Å². The maximum atomic E-state index is 11.8. The number of carbonyl (C=O) groups excluding carboxylic acids is 1. The average molecular weight is 278 g/mol. The molecule has 1 aromatic heterocycles. The van der Waals surface area contributed by atoms with Gasteiger partial charge in [0.05, 0.1) is 29.1 Å². The molecule has 0 spiro atoms. The number of anilines is 2. The van der Waals surface area contributed by atoms with Crippen LogP contribution in [0.2, 0.25) is 0 Å². The molecule has 104 valence electrons. The zero-order chi connectivity index (χ0) is 15.1. The van der Waals surface area contributed by atoms with Gasteiger partial charge in [0.1, 0.15) is 0 Å². The summed E-state index contributed by atoms with van der Waals surface area (Å²) >= 11 is 0. The van der Waals surface area contributed by atoms with Crippen molar-refractivity contribution in [3.63, 3.8) is 0 Å². The number of nitrogens with zero attached hydrogens (tertiary/aromatic N) is 2. The molecule has 0 atom stereocenters. The molecular formula is C16H14N4O. The average Bonchev–Trinajstić information content (AvgIpc) is 2.53. The van der Waals surface area contributed by atoms with Crippen molar-refractivity contribution < 1.29 is 4.79 Å². The molecule has 0 radical (unpaired) electrons. The molecule has 1 heterocycles. The fraction of sp³-hybridized carbons (Fsp3) is 0.0625. The summed E-state index contributed by atoms with van der Waals surface area (Å²) in [6.07, 6.45) is 4.75. The molecule has 0 bridgehead atoms. The molecule has 21 heavy (non-hydrogen) atoms. The monoisotopic (exact) mass is 278 g/mol. The lowest BCUT2D eigenvalue weighted by Gasteiger charge is -2.08. The number of nitrogens with one attached hydrogen (secondary N) is 2. The number of benzene rings is 1. The Balaban J connectivity index is 2.11. The summed E-state index contributed by atoms with van der Waals surface area (Å²) in [5, 5.41) is 14.6. The largest absolute Gasteiger partial charge is 0.354 e. The highest BCUT2D eigenvalue weighted by atomic mass is 16.1. The predicted octanol–water partition coefficient (Wildman–Crippen LogP) is 2.61. The zero-order valence-electron chi connectivity index (χ0n) is 11.3. The maximum Gasteiger partial charge on any atom is 0.253 e. The molecule has 0 aliphatic carbocycles. The predicted molar refractivity (Wildman–Crippen MR) is 81.2 cm³/mol. The Bertz CT molecular complexity index is 686. The summed E-state index contributed by atoms with van der Waals surface area (Å²) in [5.41, 5.74) is 2.58. The van der Waals surface area contributed by atoms with E-state index in [1.54, 1.807) is 42.6 Å². The Morgan fingerprint density at radius 3 is 2.71 bits per heavy atom. The van der Waals surface area contributed by atoms with Crippen molar-refractivity contribution in [2.24, 2.45) is 0 Å². The van der Waals surface area contributed by atoms with Gasteiger partial charge in [0.2, 0.25) is 0 Å². The Morgan fingerprint density at radius 2 is 2.05 bits per heavy atom. The van der Waals surface area contributed by atoms with Crippen molar-refractivity contribution >= 4 is 17.3 Å². The molecule has 0 aliphatic rings. The Morgan fingerprint density at radius 1 is 1.29 bits per heavy atom. The van der Waals surface area contributed by atoms with E-state index in [0.717, 1.165) is 5.69 Å². The quantitative estimate of drug-likeness (QED) is 0.824. The van der Waals surface area contributed by atoms with E-state index in [1.807, 2.05) is 0 Å². The molecular weight excluding hydrogens is 264 g/mol. The molecule has 0 unspecified atom stereocenters. The highest BCUT2D eigenvalue weighted by molar-refractivity contribution is 5.94. The smallest absolute Gasteiger partial charge is 0.253 e. The number of hydrogen-bond acceptors (Lipinski definition) is 4. The molecule has 1 aromatic carbocycles. The highest BCUT2D eigenvalue weighted by Gasteiger charge is 2.06. The van der Waals surface area contributed by atoms with E-state index in [1.165, 1.54) is 6.20 Å². The second-order valence-corrected chi connectivity index (χ2v) is 4.28. The first-order valence-electron chi connectivity index (χ1n) is 6.34. The van der Waals surface area contributed by atoms with Crippen LogP contribution >= 0.6 is 0 Å². The van der Waals surface area contributed by atoms with Gasteiger partial charge in [-0.2, -0.15) is 5.26 Å². The van der Waals surface area contributed by atoms with Crippen LogP contribution in [-0.2, 0) is 0 Å². The third-order valence-corrected chi connectivity index (χ3v) is 2.71. The van der Waals surface area contributed by atoms with E-state index in [9.17, 15) is 4.79 Å². The molecule has 0 fully saturated rings. The Kier molecular flexibility index (Phi) is 4.67. The first-order valence-corrected chi connectivity index (χ1v) is 6.34. The van der Waals surface area contributed by atoms with E-state index in [2.05, 4.69) is 28.3 Å². The molecule has 2 N–H and O–H groups in total. The number of carbonyl (C=O) groups is 1. The lowest BCUT2D eigenvalue weighted by molar-refractivity contribution is 0.0957. The minimum Gasteiger partial charge on any atom is -0.354 e. The minimum atomic E-state index is -0.203. The summed E-state index contributed by atoms with van der Waals surface area (Å²) in [7, 11) is 0. The standard InChI is InChI=1S/C16H14N4O/c1-2-7-19-16(21)13-8-15(11-18-10-13)20-14-5-3-12(9-17)4-6-14/h2-6,8,10-11,20H,1,7H2,(H,19,21). The van der Waals surface area contributed by atoms with Gasteiger partial charge in [-0.1, -0.05) is 6.08 Å². The molecule has 5 heteroatoms. The molecule has 2 rings (SSSR count). The fourth-order valence-corrected chi connectivity index (χ4v) is 1.69. The van der Waals surface area contributed by atoms with E-state index in [-0.39, 0.29) is 5.91 Å². The van der Waals surface area contributed by atoms with Gasteiger partial charge in [-0.15, -0.1) is 6.58 Å². The third kappa shape index (κ3) is 3.91. The fourth-order valence-electron chi connectivity index (χ4n) is 1.69. The molecule has 5 nitrogen and oxygen atoms in total. The van der Waals surface area contributed by atoms with Crippen LogP contribution in [0.5, 0.6) is 0 Å². The third-order valence-electron chi connectivity index (χ3n) is 2.71. The second kappa shape index (κ2) is 6.87. The van der Waals surface area contributed by atoms with Crippen molar-refractivity contribution in [3.8, 4) is 6.07 Å². The van der Waals surface area contributed by atoms with E-state index in [0.29, 0.717) is 23.4 Å². The molecule has 0 aliphatic heterocycles. The van der Waals surface area contributed by atoms with Gasteiger partial charge < -0.3 is 10.6 Å². The summed E-state index contributed by atoms with van der Waals surface area (Å²) in [5.74, 6) is -0.203. The summed E-state index contributed by atoms with van der Waals surface area (Å²) < 4.78 is 0. The van der Waals surface area contributed by atoms with E-state index >= 15 is 0 Å². The van der Waals surface area contributed by atoms with Gasteiger partial charge in [0.25, 0.3) is 5.91 Å². The first kappa shape index (κ1) is 14.3. The SMILES string of the molecule is C=CCNC(=O)c1cncc(Nc2ccc(C#N)cc2)c1. The topological polar surface area (TPSA) is 77.8 Å². The maximum absolute atomic E-state index is 11.8. The number of pyridine rings is 1. The minimum absolute atomic E-state index is 0.203. The van der Waals surface area contributed by atoms with Gasteiger partial charge in [0.15, 0.2) is 0 Å². The Labute approximate surface area is 122 Å². The van der Waals surface area contributed by atoms with Gasteiger partial charge in [-0.25, -0.2) is 0 Å². The van der Waals surface area contributed by atoms with Crippen LogP contribution in [-0.4, -0.2) is 17.4 Å². The van der Waals surface area contributed by atoms with Crippen LogP contribution in [0.1, 0.15) is 15.9 Å². The van der Waals surface area contributed by atoms with E-state index < -0.39 is 0 Å². The summed E-state index contributed by atoms with van der Waals surface area (Å²) in [4.78, 5) is 15.9. The lowest BCUT2D eigenvalue weighted by atomic mass is 10.2. The van der Waals surface area contributed by atoms with Crippen molar-refractivity contribution in [1.82, 2.24) is 10.3 Å². The zero-order valence-corrected chi connectivity index (χ0v) is 11.3. The highest BCUT2D eigenvalue weighted by Crippen LogP contribution is 2.17. The Hall–Kier alpha value is -3.13. The molecule has 1 amide bonds. The first-order chi connectivity index (χ1) is 10.2. The second-order valence-electron chi connectivity index (χ2n) is 4.28. The van der Waals surface area contributed by atoms with Crippen molar-refractivity contribution in [2.45, 2.75) is 0 Å². The van der Waals surface area contributed by atoms with Crippen LogP contribution in [0.25, 0.3) is 0 Å². The van der Waals surface area contributed by atoms with Crippen molar-refractivity contribution in [1.29, 1.82) is 5.26 Å². The van der Waals surface area contributed by atoms with Crippen molar-refractivity contribution in [3.05, 3.63) is 66.5 Å². The van der Waals surface area contributed by atoms with Crippen LogP contribution in [0.4, 0.5) is 11.4 Å². The van der Waals surface area contributed by atoms with Gasteiger partial charge in [0, 0.05) is 18.4 Å². The summed E-state index contributed by atoms with van der Waals surface area (Å²) in [6, 6.07) is 10.8. The lowest BCUT2D eigenvalue weighted by Crippen LogP contribution is -2.23. The van der Waals surface area contributed by atoms with Crippen LogP contribution in [0.15, 0.2) is 55.4 Å². The van der Waals surface area contributed by atoms with Crippen LogP contribution < -0.4 is 10.6 Å². The molecule has 0 saturated carbocycles. The van der Waals surface area contributed by atoms with E-state index in [4.69, 9.17) is 5.26 Å². The number of amides is 1. The van der Waals surface area contributed by atoms with Gasteiger partial charge in [-0.05, 0) is 30.3 Å². The number of hydrogen-bond donors (Lipinski definition) is 2. The molecule has 2 aromatic rings. The number of aromatic nitrogens is 1. The van der Waals surface area contributed by atoms with Crippen molar-refractivity contribution in [2.75, 3.05) is 11.9 Å². The normalized spacial score (nSPS) is 9.48. The molecule has 0 saturated heterocycles. The number of nitriles is 1. The van der Waals surface area contributed by atoms with Gasteiger partial charge in [-0.3, -0.25) is 9.78 Å². The van der Waals surface area contributed by atoms with Crippen LogP contribution in [0.3, 0.4) is 0 Å².